The number of carbonyl (C=O) groups excluding carboxylic acids is 1. The van der Waals surface area contributed by atoms with E-state index in [0.29, 0.717) is 25.3 Å². The molecule has 150 valence electrons. The Morgan fingerprint density at radius 3 is 2.80 bits per heavy atom. The molecule has 0 N–H and O–H groups in total. The molecule has 5 rings (SSSR count). The maximum absolute atomic E-state index is 12.9. The molecule has 2 aromatic heterocycles. The average Bonchev–Trinajstić information content (AvgIpc) is 3.20. The lowest BCUT2D eigenvalue weighted by Gasteiger charge is -2.38. The molecule has 0 aliphatic carbocycles. The van der Waals surface area contributed by atoms with Crippen molar-refractivity contribution in [3.05, 3.63) is 83.8 Å². The Balaban J connectivity index is 1.21. The highest BCUT2D eigenvalue weighted by atomic mass is 16.5. The van der Waals surface area contributed by atoms with E-state index >= 15 is 0 Å². The number of para-hydroxylation sites is 1. The molecular weight excluding hydrogens is 378 g/mol. The van der Waals surface area contributed by atoms with Crippen molar-refractivity contribution in [3.63, 3.8) is 0 Å². The van der Waals surface area contributed by atoms with Gasteiger partial charge in [-0.3, -0.25) is 9.78 Å². The van der Waals surface area contributed by atoms with Crippen molar-refractivity contribution in [3.8, 4) is 5.75 Å². The van der Waals surface area contributed by atoms with Gasteiger partial charge >= 0.3 is 0 Å². The zero-order valence-corrected chi connectivity index (χ0v) is 16.6. The van der Waals surface area contributed by atoms with Crippen LogP contribution in [0.25, 0.3) is 10.9 Å². The van der Waals surface area contributed by atoms with Crippen LogP contribution in [-0.4, -0.2) is 43.9 Å². The molecule has 3 heterocycles. The van der Waals surface area contributed by atoms with E-state index in [-0.39, 0.29) is 11.9 Å². The summed E-state index contributed by atoms with van der Waals surface area (Å²) in [5.41, 5.74) is 3.47. The number of hydrogen-bond donors (Lipinski definition) is 0. The molecule has 1 amide bonds. The zero-order valence-electron chi connectivity index (χ0n) is 16.6. The van der Waals surface area contributed by atoms with Crippen molar-refractivity contribution in [2.75, 3.05) is 13.1 Å². The first-order chi connectivity index (χ1) is 14.7. The number of aryl methyl sites for hydroxylation is 1. The highest BCUT2D eigenvalue weighted by Gasteiger charge is 2.33. The molecule has 7 nitrogen and oxygen atoms in total. The third-order valence-corrected chi connectivity index (χ3v) is 5.42. The van der Waals surface area contributed by atoms with Crippen molar-refractivity contribution >= 4 is 16.8 Å². The lowest BCUT2D eigenvalue weighted by molar-refractivity contribution is 0.0498. The van der Waals surface area contributed by atoms with E-state index in [9.17, 15) is 4.79 Å². The molecule has 2 aromatic carbocycles. The van der Waals surface area contributed by atoms with Crippen LogP contribution in [0.5, 0.6) is 5.75 Å². The van der Waals surface area contributed by atoms with E-state index in [1.54, 1.807) is 6.20 Å². The fourth-order valence-corrected chi connectivity index (χ4v) is 3.62. The molecule has 1 fully saturated rings. The predicted molar refractivity (Wildman–Crippen MR) is 112 cm³/mol. The van der Waals surface area contributed by atoms with Crippen molar-refractivity contribution in [2.45, 2.75) is 19.6 Å². The standard InChI is InChI=1S/C23H21N5O2/c1-16-9-10-24-22-8-7-17(11-21(16)22)23(29)27-13-19(14-27)28-12-18(25-26-28)15-30-20-5-3-2-4-6-20/h2-12,19H,13-15H2,1H3. The van der Waals surface area contributed by atoms with Gasteiger partial charge in [0.25, 0.3) is 5.91 Å². The van der Waals surface area contributed by atoms with Crippen molar-refractivity contribution < 1.29 is 9.53 Å². The molecule has 0 bridgehead atoms. The number of fused-ring (bicyclic) bond motifs is 1. The van der Waals surface area contributed by atoms with Gasteiger partial charge in [-0.05, 0) is 48.9 Å². The molecule has 0 unspecified atom stereocenters. The van der Waals surface area contributed by atoms with Gasteiger partial charge in [-0.15, -0.1) is 5.10 Å². The van der Waals surface area contributed by atoms with Crippen LogP contribution in [-0.2, 0) is 6.61 Å². The van der Waals surface area contributed by atoms with Gasteiger partial charge in [0.1, 0.15) is 18.1 Å². The molecule has 0 saturated carbocycles. The summed E-state index contributed by atoms with van der Waals surface area (Å²) in [5.74, 6) is 0.831. The fraction of sp³-hybridized carbons (Fsp3) is 0.217. The minimum atomic E-state index is 0.0316. The van der Waals surface area contributed by atoms with E-state index in [1.807, 2.05) is 77.3 Å². The monoisotopic (exact) mass is 399 g/mol. The van der Waals surface area contributed by atoms with Crippen molar-refractivity contribution in [1.29, 1.82) is 0 Å². The molecule has 4 aromatic rings. The second kappa shape index (κ2) is 7.59. The Kier molecular flexibility index (Phi) is 4.63. The Hall–Kier alpha value is -3.74. The fourth-order valence-electron chi connectivity index (χ4n) is 3.62. The number of nitrogens with zero attached hydrogens (tertiary/aromatic N) is 5. The average molecular weight is 399 g/mol. The van der Waals surface area contributed by atoms with E-state index in [1.165, 1.54) is 0 Å². The Morgan fingerprint density at radius 1 is 1.13 bits per heavy atom. The van der Waals surface area contributed by atoms with Crippen LogP contribution in [0.3, 0.4) is 0 Å². The first-order valence-corrected chi connectivity index (χ1v) is 9.90. The number of aromatic nitrogens is 4. The summed E-state index contributed by atoms with van der Waals surface area (Å²) in [4.78, 5) is 19.1. The van der Waals surface area contributed by atoms with E-state index in [2.05, 4.69) is 15.3 Å². The van der Waals surface area contributed by atoms with Gasteiger partial charge in [0, 0.05) is 30.2 Å². The largest absolute Gasteiger partial charge is 0.487 e. The van der Waals surface area contributed by atoms with Gasteiger partial charge in [0.2, 0.25) is 0 Å². The van der Waals surface area contributed by atoms with Gasteiger partial charge in [-0.2, -0.15) is 0 Å². The van der Waals surface area contributed by atoms with Crippen LogP contribution in [0, 0.1) is 6.92 Å². The molecule has 0 radical (unpaired) electrons. The lowest BCUT2D eigenvalue weighted by Crippen LogP contribution is -2.50. The van der Waals surface area contributed by atoms with Crippen LogP contribution in [0.4, 0.5) is 0 Å². The summed E-state index contributed by atoms with van der Waals surface area (Å²) in [6.45, 7) is 3.63. The van der Waals surface area contributed by atoms with E-state index < -0.39 is 0 Å². The second-order valence-electron chi connectivity index (χ2n) is 7.52. The third kappa shape index (κ3) is 3.50. The number of hydrogen-bond acceptors (Lipinski definition) is 5. The normalized spacial score (nSPS) is 14.0. The van der Waals surface area contributed by atoms with Crippen LogP contribution in [0.1, 0.15) is 27.7 Å². The molecular formula is C23H21N5O2. The number of likely N-dealkylation sites (tertiary alicyclic amines) is 1. The number of benzene rings is 2. The zero-order chi connectivity index (χ0) is 20.5. The number of carbonyl (C=O) groups is 1. The van der Waals surface area contributed by atoms with Gasteiger partial charge < -0.3 is 9.64 Å². The third-order valence-electron chi connectivity index (χ3n) is 5.42. The van der Waals surface area contributed by atoms with Crippen LogP contribution >= 0.6 is 0 Å². The molecule has 1 saturated heterocycles. The Bertz CT molecular complexity index is 1200. The van der Waals surface area contributed by atoms with Crippen LogP contribution < -0.4 is 4.74 Å². The predicted octanol–water partition coefficient (Wildman–Crippen LogP) is 3.41. The number of amides is 1. The summed E-state index contributed by atoms with van der Waals surface area (Å²) in [7, 11) is 0. The van der Waals surface area contributed by atoms with Gasteiger partial charge in [-0.25, -0.2) is 4.68 Å². The molecule has 7 heteroatoms. The van der Waals surface area contributed by atoms with Gasteiger partial charge in [-0.1, -0.05) is 23.4 Å². The summed E-state index contributed by atoms with van der Waals surface area (Å²) in [5, 5.41) is 9.41. The second-order valence-corrected chi connectivity index (χ2v) is 7.52. The Morgan fingerprint density at radius 2 is 1.97 bits per heavy atom. The molecule has 30 heavy (non-hydrogen) atoms. The summed E-state index contributed by atoms with van der Waals surface area (Å²) >= 11 is 0. The first kappa shape index (κ1) is 18.3. The van der Waals surface area contributed by atoms with Crippen molar-refractivity contribution in [1.82, 2.24) is 24.9 Å². The SMILES string of the molecule is Cc1ccnc2ccc(C(=O)N3CC(n4cc(COc5ccccc5)nn4)C3)cc12. The summed E-state index contributed by atoms with van der Waals surface area (Å²) in [6.07, 6.45) is 3.68. The summed E-state index contributed by atoms with van der Waals surface area (Å²) < 4.78 is 7.53. The number of ether oxygens (including phenoxy) is 1. The van der Waals surface area contributed by atoms with Crippen LogP contribution in [0.15, 0.2) is 67.0 Å². The van der Waals surface area contributed by atoms with E-state index in [4.69, 9.17) is 4.74 Å². The van der Waals surface area contributed by atoms with Crippen molar-refractivity contribution in [2.24, 2.45) is 0 Å². The lowest BCUT2D eigenvalue weighted by atomic mass is 10.0. The maximum Gasteiger partial charge on any atom is 0.254 e. The van der Waals surface area contributed by atoms with E-state index in [0.717, 1.165) is 27.9 Å². The van der Waals surface area contributed by atoms with Crippen LogP contribution in [0.2, 0.25) is 0 Å². The first-order valence-electron chi connectivity index (χ1n) is 9.90. The number of pyridine rings is 1. The smallest absolute Gasteiger partial charge is 0.254 e. The molecule has 0 spiro atoms. The van der Waals surface area contributed by atoms with Gasteiger partial charge in [0.15, 0.2) is 0 Å². The minimum absolute atomic E-state index is 0.0316. The highest BCUT2D eigenvalue weighted by Crippen LogP contribution is 2.25. The quantitative estimate of drug-likeness (QED) is 0.514. The topological polar surface area (TPSA) is 73.1 Å². The van der Waals surface area contributed by atoms with Gasteiger partial charge in [0.05, 0.1) is 17.8 Å². The minimum Gasteiger partial charge on any atom is -0.487 e. The summed E-state index contributed by atoms with van der Waals surface area (Å²) in [6, 6.07) is 17.4. The molecule has 1 aliphatic heterocycles. The maximum atomic E-state index is 12.9. The number of rotatable bonds is 5. The highest BCUT2D eigenvalue weighted by molar-refractivity contribution is 5.98. The molecule has 1 aliphatic rings. The Labute approximate surface area is 173 Å². The molecule has 0 atom stereocenters.